The van der Waals surface area contributed by atoms with Gasteiger partial charge in [-0.05, 0) is 56.5 Å². The van der Waals surface area contributed by atoms with Crippen molar-refractivity contribution in [3.8, 4) is 0 Å². The molecule has 1 fully saturated rings. The van der Waals surface area contributed by atoms with Gasteiger partial charge in [0.25, 0.3) is 0 Å². The van der Waals surface area contributed by atoms with Crippen molar-refractivity contribution in [1.29, 1.82) is 0 Å². The van der Waals surface area contributed by atoms with Crippen molar-refractivity contribution in [3.63, 3.8) is 0 Å². The number of hydrogen-bond acceptors (Lipinski definition) is 2. The number of benzene rings is 1. The van der Waals surface area contributed by atoms with Gasteiger partial charge in [-0.2, -0.15) is 0 Å². The van der Waals surface area contributed by atoms with Crippen LogP contribution in [0.15, 0.2) is 24.3 Å². The second-order valence-electron chi connectivity index (χ2n) is 5.85. The van der Waals surface area contributed by atoms with E-state index in [1.807, 2.05) is 31.3 Å². The lowest BCUT2D eigenvalue weighted by Crippen LogP contribution is -2.33. The molecule has 0 aliphatic heterocycles. The van der Waals surface area contributed by atoms with Crippen LogP contribution in [0.4, 0.5) is 0 Å². The van der Waals surface area contributed by atoms with E-state index in [1.165, 1.54) is 31.2 Å². The molecule has 0 spiro atoms. The first kappa shape index (κ1) is 16.3. The van der Waals surface area contributed by atoms with E-state index >= 15 is 0 Å². The van der Waals surface area contributed by atoms with Gasteiger partial charge >= 0.3 is 0 Å². The van der Waals surface area contributed by atoms with E-state index in [4.69, 9.17) is 11.6 Å². The SMILES string of the molecule is CNCCCC(=O)NC(c1ccc(Cl)cc1)C1CCCC1. The summed E-state index contributed by atoms with van der Waals surface area (Å²) in [6.45, 7) is 0.877. The molecule has 116 valence electrons. The highest BCUT2D eigenvalue weighted by Gasteiger charge is 2.27. The topological polar surface area (TPSA) is 41.1 Å². The van der Waals surface area contributed by atoms with Gasteiger partial charge in [0.15, 0.2) is 0 Å². The number of hydrogen-bond donors (Lipinski definition) is 2. The maximum atomic E-state index is 12.2. The Morgan fingerprint density at radius 2 is 1.95 bits per heavy atom. The van der Waals surface area contributed by atoms with Crippen LogP contribution in [0.2, 0.25) is 5.02 Å². The molecule has 1 aliphatic carbocycles. The molecule has 4 heteroatoms. The summed E-state index contributed by atoms with van der Waals surface area (Å²) in [6, 6.07) is 8.03. The summed E-state index contributed by atoms with van der Waals surface area (Å²) in [5.74, 6) is 0.705. The number of carbonyl (C=O) groups excluding carboxylic acids is 1. The number of rotatable bonds is 7. The molecule has 2 N–H and O–H groups in total. The summed E-state index contributed by atoms with van der Waals surface area (Å²) >= 11 is 5.97. The van der Waals surface area contributed by atoms with Crippen LogP contribution in [0.25, 0.3) is 0 Å². The van der Waals surface area contributed by atoms with Crippen molar-refractivity contribution in [2.75, 3.05) is 13.6 Å². The molecule has 3 nitrogen and oxygen atoms in total. The second-order valence-corrected chi connectivity index (χ2v) is 6.28. The maximum absolute atomic E-state index is 12.2. The van der Waals surface area contributed by atoms with Crippen molar-refractivity contribution in [3.05, 3.63) is 34.9 Å². The van der Waals surface area contributed by atoms with Crippen LogP contribution in [0, 0.1) is 5.92 Å². The van der Waals surface area contributed by atoms with Crippen molar-refractivity contribution < 1.29 is 4.79 Å². The lowest BCUT2D eigenvalue weighted by molar-refractivity contribution is -0.122. The zero-order valence-electron chi connectivity index (χ0n) is 12.7. The quantitative estimate of drug-likeness (QED) is 0.754. The Bertz CT molecular complexity index is 441. The monoisotopic (exact) mass is 308 g/mol. The Morgan fingerprint density at radius 3 is 2.57 bits per heavy atom. The Morgan fingerprint density at radius 1 is 1.29 bits per heavy atom. The van der Waals surface area contributed by atoms with E-state index in [9.17, 15) is 4.79 Å². The molecule has 1 unspecified atom stereocenters. The van der Waals surface area contributed by atoms with Crippen LogP contribution in [-0.2, 0) is 4.79 Å². The van der Waals surface area contributed by atoms with E-state index in [0.717, 1.165) is 18.0 Å². The van der Waals surface area contributed by atoms with Gasteiger partial charge in [-0.1, -0.05) is 36.6 Å². The number of halogens is 1. The van der Waals surface area contributed by atoms with E-state index in [0.29, 0.717) is 12.3 Å². The van der Waals surface area contributed by atoms with Crippen molar-refractivity contribution >= 4 is 17.5 Å². The lowest BCUT2D eigenvalue weighted by Gasteiger charge is -2.25. The van der Waals surface area contributed by atoms with Gasteiger partial charge in [-0.15, -0.1) is 0 Å². The third-order valence-electron chi connectivity index (χ3n) is 4.25. The summed E-state index contributed by atoms with van der Waals surface area (Å²) < 4.78 is 0. The third kappa shape index (κ3) is 5.01. The fraction of sp³-hybridized carbons (Fsp3) is 0.588. The Hall–Kier alpha value is -1.06. The average molecular weight is 309 g/mol. The molecular weight excluding hydrogens is 284 g/mol. The lowest BCUT2D eigenvalue weighted by atomic mass is 9.91. The zero-order valence-corrected chi connectivity index (χ0v) is 13.5. The molecule has 0 bridgehead atoms. The fourth-order valence-electron chi connectivity index (χ4n) is 3.11. The summed E-state index contributed by atoms with van der Waals surface area (Å²) in [5, 5.41) is 7.06. The van der Waals surface area contributed by atoms with Crippen LogP contribution in [0.1, 0.15) is 50.1 Å². The standard InChI is InChI=1S/C17H25ClN2O/c1-19-12-4-7-16(21)20-17(13-5-2-3-6-13)14-8-10-15(18)11-9-14/h8-11,13,17,19H,2-7,12H2,1H3,(H,20,21). The highest BCUT2D eigenvalue weighted by atomic mass is 35.5. The maximum Gasteiger partial charge on any atom is 0.220 e. The minimum atomic E-state index is 0.131. The van der Waals surface area contributed by atoms with Crippen LogP contribution in [0.5, 0.6) is 0 Å². The van der Waals surface area contributed by atoms with Crippen molar-refractivity contribution in [2.45, 2.75) is 44.6 Å². The molecule has 2 rings (SSSR count). The van der Waals surface area contributed by atoms with Crippen LogP contribution in [-0.4, -0.2) is 19.5 Å². The predicted octanol–water partition coefficient (Wildman–Crippen LogP) is 3.69. The van der Waals surface area contributed by atoms with E-state index in [-0.39, 0.29) is 11.9 Å². The third-order valence-corrected chi connectivity index (χ3v) is 4.50. The summed E-state index contributed by atoms with van der Waals surface area (Å²) in [5.41, 5.74) is 1.17. The van der Waals surface area contributed by atoms with E-state index in [2.05, 4.69) is 10.6 Å². The molecule has 0 radical (unpaired) electrons. The van der Waals surface area contributed by atoms with Gasteiger partial charge in [-0.3, -0.25) is 4.79 Å². The molecule has 1 atom stereocenters. The van der Waals surface area contributed by atoms with E-state index < -0.39 is 0 Å². The smallest absolute Gasteiger partial charge is 0.220 e. The molecule has 21 heavy (non-hydrogen) atoms. The number of carbonyl (C=O) groups is 1. The molecule has 1 amide bonds. The average Bonchev–Trinajstić information content (AvgIpc) is 3.00. The fourth-order valence-corrected chi connectivity index (χ4v) is 3.23. The van der Waals surface area contributed by atoms with Crippen molar-refractivity contribution in [1.82, 2.24) is 10.6 Å². The first-order chi connectivity index (χ1) is 10.2. The van der Waals surface area contributed by atoms with Crippen LogP contribution >= 0.6 is 11.6 Å². The molecule has 0 heterocycles. The summed E-state index contributed by atoms with van der Waals surface area (Å²) in [6.07, 6.45) is 6.39. The molecule has 1 saturated carbocycles. The van der Waals surface area contributed by atoms with Gasteiger partial charge in [0.05, 0.1) is 6.04 Å². The Labute approximate surface area is 132 Å². The summed E-state index contributed by atoms with van der Waals surface area (Å²) in [7, 11) is 1.91. The Balaban J connectivity index is 2.01. The number of amides is 1. The van der Waals surface area contributed by atoms with Gasteiger partial charge in [0.2, 0.25) is 5.91 Å². The molecule has 1 aromatic rings. The largest absolute Gasteiger partial charge is 0.349 e. The number of nitrogens with one attached hydrogen (secondary N) is 2. The molecule has 1 aromatic carbocycles. The molecule has 1 aliphatic rings. The zero-order chi connectivity index (χ0) is 15.1. The molecule has 0 aromatic heterocycles. The minimum Gasteiger partial charge on any atom is -0.349 e. The van der Waals surface area contributed by atoms with Gasteiger partial charge in [0, 0.05) is 11.4 Å². The van der Waals surface area contributed by atoms with E-state index in [1.54, 1.807) is 0 Å². The molecular formula is C17H25ClN2O. The Kier molecular flexibility index (Phi) is 6.52. The predicted molar refractivity (Wildman–Crippen MR) is 87.5 cm³/mol. The highest BCUT2D eigenvalue weighted by molar-refractivity contribution is 6.30. The van der Waals surface area contributed by atoms with Gasteiger partial charge in [-0.25, -0.2) is 0 Å². The van der Waals surface area contributed by atoms with Crippen molar-refractivity contribution in [2.24, 2.45) is 5.92 Å². The normalized spacial score (nSPS) is 16.9. The van der Waals surface area contributed by atoms with Crippen LogP contribution < -0.4 is 10.6 Å². The van der Waals surface area contributed by atoms with Crippen LogP contribution in [0.3, 0.4) is 0 Å². The second kappa shape index (κ2) is 8.40. The first-order valence-corrected chi connectivity index (χ1v) is 8.28. The first-order valence-electron chi connectivity index (χ1n) is 7.90. The molecule has 0 saturated heterocycles. The summed E-state index contributed by atoms with van der Waals surface area (Å²) in [4.78, 5) is 12.2. The highest BCUT2D eigenvalue weighted by Crippen LogP contribution is 2.36. The minimum absolute atomic E-state index is 0.131. The van der Waals surface area contributed by atoms with Gasteiger partial charge in [0.1, 0.15) is 0 Å². The van der Waals surface area contributed by atoms with Gasteiger partial charge < -0.3 is 10.6 Å².